The minimum atomic E-state index is -0.227. The smallest absolute Gasteiger partial charge is 0.0528 e. The van der Waals surface area contributed by atoms with Gasteiger partial charge in [-0.25, -0.2) is 0 Å². The van der Waals surface area contributed by atoms with Crippen LogP contribution in [0.15, 0.2) is 24.3 Å². The number of rotatable bonds is 4. The van der Waals surface area contributed by atoms with Gasteiger partial charge in [-0.2, -0.15) is 0 Å². The summed E-state index contributed by atoms with van der Waals surface area (Å²) in [7, 11) is 0. The molecule has 0 radical (unpaired) electrons. The van der Waals surface area contributed by atoms with Crippen molar-refractivity contribution in [1.82, 2.24) is 0 Å². The standard InChI is InChI=1S/C10H14INO/c1-8(13)5-6-12-10-4-2-3-9(11)7-10/h2-4,7-8,12-13H,5-6H2,1H3. The van der Waals surface area contributed by atoms with E-state index in [2.05, 4.69) is 40.0 Å². The zero-order chi connectivity index (χ0) is 9.68. The summed E-state index contributed by atoms with van der Waals surface area (Å²) < 4.78 is 1.22. The molecule has 0 heterocycles. The van der Waals surface area contributed by atoms with Crippen LogP contribution in [0.2, 0.25) is 0 Å². The number of nitrogens with one attached hydrogen (secondary N) is 1. The van der Waals surface area contributed by atoms with Crippen LogP contribution < -0.4 is 5.32 Å². The molecule has 72 valence electrons. The topological polar surface area (TPSA) is 32.3 Å². The average Bonchev–Trinajstić information content (AvgIpc) is 2.03. The van der Waals surface area contributed by atoms with Gasteiger partial charge in [-0.05, 0) is 54.1 Å². The SMILES string of the molecule is CC(O)CCNc1cccc(I)c1. The van der Waals surface area contributed by atoms with E-state index in [1.54, 1.807) is 6.92 Å². The molecule has 0 fully saturated rings. The maximum absolute atomic E-state index is 9.04. The molecule has 1 rings (SSSR count). The summed E-state index contributed by atoms with van der Waals surface area (Å²) in [6, 6.07) is 8.19. The first-order valence-electron chi connectivity index (χ1n) is 4.36. The lowest BCUT2D eigenvalue weighted by atomic mass is 10.2. The highest BCUT2D eigenvalue weighted by Gasteiger charge is 1.95. The van der Waals surface area contributed by atoms with Gasteiger partial charge < -0.3 is 10.4 Å². The Morgan fingerprint density at radius 3 is 2.92 bits per heavy atom. The van der Waals surface area contributed by atoms with Gasteiger partial charge in [0.1, 0.15) is 0 Å². The average molecular weight is 291 g/mol. The third kappa shape index (κ3) is 4.47. The third-order valence-electron chi connectivity index (χ3n) is 1.72. The molecule has 0 saturated carbocycles. The summed E-state index contributed by atoms with van der Waals surface area (Å²) in [6.07, 6.45) is 0.557. The molecule has 0 aliphatic rings. The summed E-state index contributed by atoms with van der Waals surface area (Å²) >= 11 is 2.28. The van der Waals surface area contributed by atoms with Crippen molar-refractivity contribution < 1.29 is 5.11 Å². The molecule has 1 atom stereocenters. The maximum atomic E-state index is 9.04. The monoisotopic (exact) mass is 291 g/mol. The molecular formula is C10H14INO. The van der Waals surface area contributed by atoms with Gasteiger partial charge in [0.05, 0.1) is 6.10 Å². The molecule has 2 N–H and O–H groups in total. The van der Waals surface area contributed by atoms with Gasteiger partial charge in [-0.1, -0.05) is 6.07 Å². The normalized spacial score (nSPS) is 12.5. The summed E-state index contributed by atoms with van der Waals surface area (Å²) in [5, 5.41) is 12.3. The largest absolute Gasteiger partial charge is 0.393 e. The maximum Gasteiger partial charge on any atom is 0.0528 e. The molecule has 3 heteroatoms. The molecule has 0 aliphatic heterocycles. The molecule has 1 aromatic carbocycles. The van der Waals surface area contributed by atoms with Crippen LogP contribution in [-0.4, -0.2) is 17.8 Å². The number of benzene rings is 1. The van der Waals surface area contributed by atoms with Gasteiger partial charge in [-0.15, -0.1) is 0 Å². The fraction of sp³-hybridized carbons (Fsp3) is 0.400. The second kappa shape index (κ2) is 5.44. The van der Waals surface area contributed by atoms with Crippen LogP contribution in [0.25, 0.3) is 0 Å². The molecule has 0 aliphatic carbocycles. The Morgan fingerprint density at radius 2 is 2.31 bits per heavy atom. The Morgan fingerprint density at radius 1 is 1.54 bits per heavy atom. The van der Waals surface area contributed by atoms with E-state index in [0.29, 0.717) is 0 Å². The molecule has 1 unspecified atom stereocenters. The van der Waals surface area contributed by atoms with E-state index in [4.69, 9.17) is 5.11 Å². The van der Waals surface area contributed by atoms with Crippen molar-refractivity contribution >= 4 is 28.3 Å². The predicted molar refractivity (Wildman–Crippen MR) is 63.9 cm³/mol. The molecule has 0 aromatic heterocycles. The Kier molecular flexibility index (Phi) is 4.52. The lowest BCUT2D eigenvalue weighted by molar-refractivity contribution is 0.189. The van der Waals surface area contributed by atoms with Gasteiger partial charge in [0.15, 0.2) is 0 Å². The van der Waals surface area contributed by atoms with Crippen molar-refractivity contribution in [2.24, 2.45) is 0 Å². The molecule has 2 nitrogen and oxygen atoms in total. The quantitative estimate of drug-likeness (QED) is 0.835. The first kappa shape index (κ1) is 10.8. The zero-order valence-electron chi connectivity index (χ0n) is 7.63. The van der Waals surface area contributed by atoms with E-state index in [9.17, 15) is 0 Å². The van der Waals surface area contributed by atoms with Crippen LogP contribution >= 0.6 is 22.6 Å². The Bertz CT molecular complexity index is 263. The number of halogens is 1. The van der Waals surface area contributed by atoms with Gasteiger partial charge in [-0.3, -0.25) is 0 Å². The number of anilines is 1. The van der Waals surface area contributed by atoms with Crippen molar-refractivity contribution in [3.63, 3.8) is 0 Å². The molecule has 0 amide bonds. The van der Waals surface area contributed by atoms with Crippen LogP contribution in [0.4, 0.5) is 5.69 Å². The molecule has 13 heavy (non-hydrogen) atoms. The van der Waals surface area contributed by atoms with Crippen LogP contribution in [-0.2, 0) is 0 Å². The van der Waals surface area contributed by atoms with Crippen LogP contribution in [0.3, 0.4) is 0 Å². The van der Waals surface area contributed by atoms with Crippen LogP contribution in [0, 0.1) is 3.57 Å². The number of aliphatic hydroxyl groups is 1. The van der Waals surface area contributed by atoms with E-state index in [-0.39, 0.29) is 6.10 Å². The number of hydrogen-bond donors (Lipinski definition) is 2. The lowest BCUT2D eigenvalue weighted by Crippen LogP contribution is -2.09. The highest BCUT2D eigenvalue weighted by atomic mass is 127. The Balaban J connectivity index is 2.37. The fourth-order valence-electron chi connectivity index (χ4n) is 1.02. The molecular weight excluding hydrogens is 277 g/mol. The summed E-state index contributed by atoms with van der Waals surface area (Å²) in [4.78, 5) is 0. The van der Waals surface area contributed by atoms with Crippen LogP contribution in [0.5, 0.6) is 0 Å². The van der Waals surface area contributed by atoms with E-state index >= 15 is 0 Å². The third-order valence-corrected chi connectivity index (χ3v) is 2.39. The first-order valence-corrected chi connectivity index (χ1v) is 5.44. The van der Waals surface area contributed by atoms with Crippen LogP contribution in [0.1, 0.15) is 13.3 Å². The fourth-order valence-corrected chi connectivity index (χ4v) is 1.57. The highest BCUT2D eigenvalue weighted by Crippen LogP contribution is 2.12. The van der Waals surface area contributed by atoms with Gasteiger partial charge >= 0.3 is 0 Å². The number of hydrogen-bond acceptors (Lipinski definition) is 2. The van der Waals surface area contributed by atoms with Crippen molar-refractivity contribution in [1.29, 1.82) is 0 Å². The Hall–Kier alpha value is -0.290. The molecule has 1 aromatic rings. The summed E-state index contributed by atoms with van der Waals surface area (Å²) in [5.74, 6) is 0. The van der Waals surface area contributed by atoms with E-state index in [1.165, 1.54) is 3.57 Å². The lowest BCUT2D eigenvalue weighted by Gasteiger charge is -2.07. The second-order valence-electron chi connectivity index (χ2n) is 3.07. The second-order valence-corrected chi connectivity index (χ2v) is 4.32. The zero-order valence-corrected chi connectivity index (χ0v) is 9.78. The first-order chi connectivity index (χ1) is 6.18. The minimum absolute atomic E-state index is 0.227. The summed E-state index contributed by atoms with van der Waals surface area (Å²) in [5.41, 5.74) is 1.12. The van der Waals surface area contributed by atoms with Crippen molar-refractivity contribution in [2.75, 3.05) is 11.9 Å². The van der Waals surface area contributed by atoms with Crippen molar-refractivity contribution in [3.05, 3.63) is 27.8 Å². The van der Waals surface area contributed by atoms with Crippen molar-refractivity contribution in [2.45, 2.75) is 19.4 Å². The van der Waals surface area contributed by atoms with E-state index in [1.807, 2.05) is 12.1 Å². The predicted octanol–water partition coefficient (Wildman–Crippen LogP) is 2.47. The van der Waals surface area contributed by atoms with E-state index < -0.39 is 0 Å². The molecule has 0 saturated heterocycles. The van der Waals surface area contributed by atoms with E-state index in [0.717, 1.165) is 18.7 Å². The van der Waals surface area contributed by atoms with Gasteiger partial charge in [0.2, 0.25) is 0 Å². The van der Waals surface area contributed by atoms with Gasteiger partial charge in [0.25, 0.3) is 0 Å². The minimum Gasteiger partial charge on any atom is -0.393 e. The molecule has 0 bridgehead atoms. The van der Waals surface area contributed by atoms with Crippen molar-refractivity contribution in [3.8, 4) is 0 Å². The van der Waals surface area contributed by atoms with Gasteiger partial charge in [0, 0.05) is 15.8 Å². The number of aliphatic hydroxyl groups excluding tert-OH is 1. The summed E-state index contributed by atoms with van der Waals surface area (Å²) in [6.45, 7) is 2.62. The Labute approximate surface area is 92.5 Å². The molecule has 0 spiro atoms. The highest BCUT2D eigenvalue weighted by molar-refractivity contribution is 14.1.